The molecular formula is C20H18N4O8. The molecule has 0 amide bonds. The fourth-order valence-electron chi connectivity index (χ4n) is 2.86. The predicted molar refractivity (Wildman–Crippen MR) is 110 cm³/mol. The second kappa shape index (κ2) is 9.47. The lowest BCUT2D eigenvalue weighted by Crippen LogP contribution is -2.09. The maximum Gasteiger partial charge on any atom is 0.414 e. The summed E-state index contributed by atoms with van der Waals surface area (Å²) in [5, 5.41) is 28.9. The molecule has 0 radical (unpaired) electrons. The van der Waals surface area contributed by atoms with Gasteiger partial charge < -0.3 is 29.6 Å². The van der Waals surface area contributed by atoms with E-state index in [1.165, 1.54) is 6.07 Å². The van der Waals surface area contributed by atoms with Gasteiger partial charge in [-0.15, -0.1) is 0 Å². The maximum atomic E-state index is 10.9. The number of rotatable bonds is 5. The van der Waals surface area contributed by atoms with Crippen LogP contribution >= 0.6 is 0 Å². The van der Waals surface area contributed by atoms with Gasteiger partial charge in [0, 0.05) is 31.3 Å². The van der Waals surface area contributed by atoms with Crippen LogP contribution in [0.15, 0.2) is 48.7 Å². The molecule has 1 aromatic heterocycles. The zero-order valence-corrected chi connectivity index (χ0v) is 16.7. The van der Waals surface area contributed by atoms with Crippen LogP contribution in [-0.2, 0) is 23.2 Å². The molecular weight excluding hydrogens is 424 g/mol. The Kier molecular flexibility index (Phi) is 6.53. The van der Waals surface area contributed by atoms with Gasteiger partial charge in [0.25, 0.3) is 5.69 Å². The van der Waals surface area contributed by atoms with Gasteiger partial charge in [0.15, 0.2) is 11.5 Å². The van der Waals surface area contributed by atoms with E-state index >= 15 is 0 Å². The minimum atomic E-state index is -1.82. The number of nitrogens with one attached hydrogen (secondary N) is 1. The number of hydrogen-bond acceptors (Lipinski definition) is 8. The van der Waals surface area contributed by atoms with Crippen LogP contribution in [-0.4, -0.2) is 43.4 Å². The molecule has 1 aliphatic heterocycles. The predicted octanol–water partition coefficient (Wildman–Crippen LogP) is 2.49. The first-order valence-corrected chi connectivity index (χ1v) is 9.11. The Balaban J connectivity index is 0.000000427. The number of anilines is 1. The third-order valence-corrected chi connectivity index (χ3v) is 4.41. The van der Waals surface area contributed by atoms with Gasteiger partial charge in [-0.3, -0.25) is 10.1 Å². The largest absolute Gasteiger partial charge is 0.473 e. The highest BCUT2D eigenvalue weighted by Gasteiger charge is 2.16. The third-order valence-electron chi connectivity index (χ3n) is 4.41. The van der Waals surface area contributed by atoms with E-state index in [0.717, 1.165) is 28.3 Å². The number of ether oxygens (including phenoxy) is 2. The second-order valence-corrected chi connectivity index (χ2v) is 6.48. The van der Waals surface area contributed by atoms with Crippen molar-refractivity contribution in [1.29, 1.82) is 0 Å². The average Bonchev–Trinajstić information content (AvgIpc) is 3.38. The normalized spacial score (nSPS) is 11.3. The fourth-order valence-corrected chi connectivity index (χ4v) is 2.86. The minimum Gasteiger partial charge on any atom is -0.473 e. The Morgan fingerprint density at radius 3 is 2.56 bits per heavy atom. The van der Waals surface area contributed by atoms with E-state index in [9.17, 15) is 10.1 Å². The summed E-state index contributed by atoms with van der Waals surface area (Å²) >= 11 is 0. The number of carboxylic acids is 2. The monoisotopic (exact) mass is 442 g/mol. The SMILES string of the molecule is Cn1c(-c2ccc3c(c2)OCO3)cnc1NCc1cccc([N+](=O)[O-])c1.O=C(O)C(=O)O. The van der Waals surface area contributed by atoms with Crippen molar-refractivity contribution < 1.29 is 34.2 Å². The standard InChI is InChI=1S/C18H16N4O4.C2H2O4/c1-21-15(13-5-6-16-17(8-13)26-11-25-16)10-20-18(21)19-9-12-3-2-4-14(7-12)22(23)24;3-1(4)2(5)6/h2-8,10H,9,11H2,1H3,(H,19,20);(H,3,4)(H,5,6). The van der Waals surface area contributed by atoms with E-state index in [4.69, 9.17) is 29.3 Å². The molecule has 4 rings (SSSR count). The number of non-ortho nitro benzene ring substituents is 1. The van der Waals surface area contributed by atoms with E-state index in [1.807, 2.05) is 35.9 Å². The highest BCUT2D eigenvalue weighted by molar-refractivity contribution is 6.27. The Morgan fingerprint density at radius 1 is 1.16 bits per heavy atom. The third kappa shape index (κ3) is 5.11. The first kappa shape index (κ1) is 22.1. The van der Waals surface area contributed by atoms with Gasteiger partial charge in [-0.05, 0) is 23.8 Å². The summed E-state index contributed by atoms with van der Waals surface area (Å²) in [5.74, 6) is -1.52. The minimum absolute atomic E-state index is 0.0742. The molecule has 0 saturated carbocycles. The lowest BCUT2D eigenvalue weighted by atomic mass is 10.1. The molecule has 0 atom stereocenters. The summed E-state index contributed by atoms with van der Waals surface area (Å²) in [4.78, 5) is 33.1. The Hall–Kier alpha value is -4.61. The second-order valence-electron chi connectivity index (χ2n) is 6.48. The fraction of sp³-hybridized carbons (Fsp3) is 0.150. The topological polar surface area (TPSA) is 166 Å². The zero-order chi connectivity index (χ0) is 23.3. The molecule has 0 unspecified atom stereocenters. The molecule has 2 aromatic carbocycles. The van der Waals surface area contributed by atoms with Gasteiger partial charge in [-0.2, -0.15) is 0 Å². The lowest BCUT2D eigenvalue weighted by Gasteiger charge is -2.09. The molecule has 0 aliphatic carbocycles. The van der Waals surface area contributed by atoms with Crippen molar-refractivity contribution in [1.82, 2.24) is 9.55 Å². The van der Waals surface area contributed by atoms with Crippen LogP contribution in [0.3, 0.4) is 0 Å². The summed E-state index contributed by atoms with van der Waals surface area (Å²) in [6.45, 7) is 0.674. The van der Waals surface area contributed by atoms with Gasteiger partial charge in [0.2, 0.25) is 12.7 Å². The van der Waals surface area contributed by atoms with Crippen molar-refractivity contribution in [3.8, 4) is 22.8 Å². The lowest BCUT2D eigenvalue weighted by molar-refractivity contribution is -0.384. The number of fused-ring (bicyclic) bond motifs is 1. The molecule has 12 nitrogen and oxygen atoms in total. The number of aliphatic carboxylic acids is 2. The highest BCUT2D eigenvalue weighted by Crippen LogP contribution is 2.36. The molecule has 12 heteroatoms. The molecule has 0 spiro atoms. The quantitative estimate of drug-likeness (QED) is 0.303. The van der Waals surface area contributed by atoms with Gasteiger partial charge in [0.05, 0.1) is 16.8 Å². The number of nitro benzene ring substituents is 1. The van der Waals surface area contributed by atoms with Crippen LogP contribution in [0.5, 0.6) is 11.5 Å². The van der Waals surface area contributed by atoms with Crippen LogP contribution in [0.4, 0.5) is 11.6 Å². The molecule has 166 valence electrons. The van der Waals surface area contributed by atoms with Crippen LogP contribution in [0.2, 0.25) is 0 Å². The van der Waals surface area contributed by atoms with Crippen molar-refractivity contribution in [2.24, 2.45) is 7.05 Å². The summed E-state index contributed by atoms with van der Waals surface area (Å²) < 4.78 is 12.7. The number of carbonyl (C=O) groups is 2. The number of carboxylic acid groups (broad SMARTS) is 2. The number of nitro groups is 1. The Bertz CT molecular complexity index is 1160. The van der Waals surface area contributed by atoms with Crippen molar-refractivity contribution in [3.05, 3.63) is 64.3 Å². The molecule has 3 aromatic rings. The van der Waals surface area contributed by atoms with Gasteiger partial charge in [-0.25, -0.2) is 14.6 Å². The summed E-state index contributed by atoms with van der Waals surface area (Å²) in [6, 6.07) is 12.3. The number of nitrogens with zero attached hydrogens (tertiary/aromatic N) is 3. The molecule has 32 heavy (non-hydrogen) atoms. The maximum absolute atomic E-state index is 10.9. The molecule has 3 N–H and O–H groups in total. The van der Waals surface area contributed by atoms with E-state index < -0.39 is 16.9 Å². The molecule has 0 fully saturated rings. The molecule has 2 heterocycles. The summed E-state index contributed by atoms with van der Waals surface area (Å²) in [5.41, 5.74) is 2.77. The Morgan fingerprint density at radius 2 is 1.88 bits per heavy atom. The summed E-state index contributed by atoms with van der Waals surface area (Å²) in [6.07, 6.45) is 1.77. The Labute approximate surface area is 180 Å². The van der Waals surface area contributed by atoms with Crippen molar-refractivity contribution in [3.63, 3.8) is 0 Å². The van der Waals surface area contributed by atoms with Crippen molar-refractivity contribution >= 4 is 23.6 Å². The number of hydrogen-bond donors (Lipinski definition) is 3. The summed E-state index contributed by atoms with van der Waals surface area (Å²) in [7, 11) is 1.91. The van der Waals surface area contributed by atoms with Crippen LogP contribution in [0, 0.1) is 10.1 Å². The van der Waals surface area contributed by atoms with E-state index in [0.29, 0.717) is 12.5 Å². The smallest absolute Gasteiger partial charge is 0.414 e. The van der Waals surface area contributed by atoms with E-state index in [2.05, 4.69) is 10.3 Å². The highest BCUT2D eigenvalue weighted by atomic mass is 16.7. The first-order valence-electron chi connectivity index (χ1n) is 9.11. The van der Waals surface area contributed by atoms with Crippen molar-refractivity contribution in [2.75, 3.05) is 12.1 Å². The molecule has 0 saturated heterocycles. The molecule has 1 aliphatic rings. The van der Waals surface area contributed by atoms with Crippen LogP contribution < -0.4 is 14.8 Å². The van der Waals surface area contributed by atoms with Gasteiger partial charge >= 0.3 is 11.9 Å². The van der Waals surface area contributed by atoms with Crippen molar-refractivity contribution in [2.45, 2.75) is 6.54 Å². The zero-order valence-electron chi connectivity index (χ0n) is 16.7. The molecule has 0 bridgehead atoms. The van der Waals surface area contributed by atoms with E-state index in [1.54, 1.807) is 18.3 Å². The average molecular weight is 442 g/mol. The number of benzene rings is 2. The van der Waals surface area contributed by atoms with Gasteiger partial charge in [-0.1, -0.05) is 12.1 Å². The van der Waals surface area contributed by atoms with Crippen LogP contribution in [0.25, 0.3) is 11.3 Å². The van der Waals surface area contributed by atoms with E-state index in [-0.39, 0.29) is 12.5 Å². The first-order chi connectivity index (χ1) is 15.3. The number of aromatic nitrogens is 2. The van der Waals surface area contributed by atoms with Crippen LogP contribution in [0.1, 0.15) is 5.56 Å². The number of imidazole rings is 1. The van der Waals surface area contributed by atoms with Gasteiger partial charge in [0.1, 0.15) is 0 Å².